The molecule has 0 saturated heterocycles. The Kier molecular flexibility index (Phi) is 6.02. The van der Waals surface area contributed by atoms with Gasteiger partial charge in [0.1, 0.15) is 0 Å². The van der Waals surface area contributed by atoms with Crippen molar-refractivity contribution in [3.63, 3.8) is 0 Å². The Morgan fingerprint density at radius 1 is 0.960 bits per heavy atom. The molecule has 0 unspecified atom stereocenters. The van der Waals surface area contributed by atoms with Gasteiger partial charge in [-0.2, -0.15) is 23.7 Å². The molecule has 2 rings (SSSR count). The lowest BCUT2D eigenvalue weighted by molar-refractivity contribution is 0.584. The largest absolute Gasteiger partial charge is 0.378 e. The molecule has 25 heavy (non-hydrogen) atoms. The maximum absolute atomic E-state index is 12.0. The molecule has 0 bridgehead atoms. The molecule has 0 heterocycles. The van der Waals surface area contributed by atoms with Crippen LogP contribution in [0.1, 0.15) is 0 Å². The van der Waals surface area contributed by atoms with Crippen molar-refractivity contribution in [3.05, 3.63) is 61.2 Å². The van der Waals surface area contributed by atoms with Gasteiger partial charge in [-0.05, 0) is 54.6 Å². The lowest BCUT2D eigenvalue weighted by atomic mass is 10.3. The van der Waals surface area contributed by atoms with Crippen LogP contribution in [0.5, 0.6) is 0 Å². The number of nitrogens with zero attached hydrogens (tertiary/aromatic N) is 4. The van der Waals surface area contributed by atoms with Crippen molar-refractivity contribution >= 4 is 33.3 Å². The number of hydrogen-bond acceptors (Lipinski definition) is 6. The second-order valence-corrected chi connectivity index (χ2v) is 6.87. The average Bonchev–Trinajstić information content (AvgIpc) is 2.61. The molecule has 2 aromatic rings. The molecule has 0 saturated carbocycles. The number of sulfonamides is 1. The molecule has 0 aliphatic rings. The fraction of sp³-hybridized carbons (Fsp3) is 0.118. The molecular formula is C17H19N5O2S. The fourth-order valence-electron chi connectivity index (χ4n) is 1.83. The van der Waals surface area contributed by atoms with Crippen LogP contribution in [0.4, 0.5) is 17.1 Å². The molecular weight excluding hydrogens is 338 g/mol. The Bertz CT molecular complexity index is 870. The van der Waals surface area contributed by atoms with Crippen LogP contribution in [0.2, 0.25) is 0 Å². The van der Waals surface area contributed by atoms with Crippen molar-refractivity contribution in [3.8, 4) is 0 Å². The minimum Gasteiger partial charge on any atom is -0.378 e. The van der Waals surface area contributed by atoms with E-state index in [4.69, 9.17) is 0 Å². The minimum atomic E-state index is -3.70. The Labute approximate surface area is 147 Å². The topological polar surface area (TPSA) is 86.5 Å². The van der Waals surface area contributed by atoms with Crippen molar-refractivity contribution < 1.29 is 8.42 Å². The Morgan fingerprint density at radius 3 is 1.96 bits per heavy atom. The van der Waals surface area contributed by atoms with Crippen LogP contribution in [0.3, 0.4) is 0 Å². The molecule has 0 aliphatic heterocycles. The number of hydrogen-bond donors (Lipinski definition) is 1. The monoisotopic (exact) mass is 357 g/mol. The highest BCUT2D eigenvalue weighted by Crippen LogP contribution is 2.22. The highest BCUT2D eigenvalue weighted by molar-refractivity contribution is 7.89. The van der Waals surface area contributed by atoms with Gasteiger partial charge in [-0.25, -0.2) is 4.83 Å². The summed E-state index contributed by atoms with van der Waals surface area (Å²) in [6, 6.07) is 13.6. The van der Waals surface area contributed by atoms with E-state index in [1.54, 1.807) is 12.1 Å². The highest BCUT2D eigenvalue weighted by Gasteiger charge is 2.11. The Balaban J connectivity index is 2.09. The van der Waals surface area contributed by atoms with E-state index in [1.807, 2.05) is 43.3 Å². The van der Waals surface area contributed by atoms with Crippen molar-refractivity contribution in [1.82, 2.24) is 4.83 Å². The van der Waals surface area contributed by atoms with Gasteiger partial charge in [-0.15, -0.1) is 0 Å². The van der Waals surface area contributed by atoms with E-state index in [0.29, 0.717) is 11.4 Å². The average molecular weight is 357 g/mol. The first-order chi connectivity index (χ1) is 11.9. The summed E-state index contributed by atoms with van der Waals surface area (Å²) in [5.74, 6) is 0. The van der Waals surface area contributed by atoms with E-state index in [9.17, 15) is 8.42 Å². The standard InChI is InChI=1S/C17H19N5O2S/c1-4-13-18-21-25(23,24)17-11-7-15(8-12-17)20-19-14-5-9-16(10-6-14)22(2)3/h4-13,21H,1H2,2-3H3/b18-13+,20-19?. The maximum Gasteiger partial charge on any atom is 0.276 e. The molecule has 0 fully saturated rings. The van der Waals surface area contributed by atoms with Crippen LogP contribution >= 0.6 is 0 Å². The molecule has 1 N–H and O–H groups in total. The molecule has 8 heteroatoms. The van der Waals surface area contributed by atoms with E-state index < -0.39 is 10.0 Å². The number of rotatable bonds is 7. The molecule has 0 amide bonds. The molecule has 2 aromatic carbocycles. The van der Waals surface area contributed by atoms with Crippen LogP contribution < -0.4 is 9.73 Å². The normalized spacial score (nSPS) is 11.8. The first-order valence-electron chi connectivity index (χ1n) is 7.37. The molecule has 130 valence electrons. The second kappa shape index (κ2) is 8.20. The number of hydrazone groups is 1. The minimum absolute atomic E-state index is 0.0861. The van der Waals surface area contributed by atoms with Crippen LogP contribution in [-0.2, 0) is 10.0 Å². The van der Waals surface area contributed by atoms with Crippen LogP contribution in [0, 0.1) is 0 Å². The van der Waals surface area contributed by atoms with E-state index in [2.05, 4.69) is 26.7 Å². The lowest BCUT2D eigenvalue weighted by Gasteiger charge is -2.11. The van der Waals surface area contributed by atoms with Gasteiger partial charge in [-0.3, -0.25) is 0 Å². The molecule has 0 aliphatic carbocycles. The summed E-state index contributed by atoms with van der Waals surface area (Å²) >= 11 is 0. The van der Waals surface area contributed by atoms with E-state index >= 15 is 0 Å². The van der Waals surface area contributed by atoms with E-state index in [-0.39, 0.29) is 4.90 Å². The first kappa shape index (κ1) is 18.3. The summed E-state index contributed by atoms with van der Waals surface area (Å²) < 4.78 is 23.9. The summed E-state index contributed by atoms with van der Waals surface area (Å²) in [4.78, 5) is 4.16. The Hall–Kier alpha value is -3.00. The predicted octanol–water partition coefficient (Wildman–Crippen LogP) is 3.62. The summed E-state index contributed by atoms with van der Waals surface area (Å²) in [6.07, 6.45) is 2.62. The second-order valence-electron chi connectivity index (χ2n) is 5.21. The van der Waals surface area contributed by atoms with Gasteiger partial charge in [0.2, 0.25) is 0 Å². The maximum atomic E-state index is 12.0. The predicted molar refractivity (Wildman–Crippen MR) is 100 cm³/mol. The van der Waals surface area contributed by atoms with Gasteiger partial charge in [0.05, 0.1) is 16.3 Å². The zero-order valence-electron chi connectivity index (χ0n) is 14.0. The summed E-state index contributed by atoms with van der Waals surface area (Å²) in [6.45, 7) is 3.41. The molecule has 0 radical (unpaired) electrons. The third-order valence-corrected chi connectivity index (χ3v) is 4.39. The van der Waals surface area contributed by atoms with Crippen LogP contribution in [0.15, 0.2) is 81.4 Å². The third-order valence-electron chi connectivity index (χ3n) is 3.15. The number of azo groups is 1. The third kappa shape index (κ3) is 5.25. The molecule has 0 spiro atoms. The smallest absolute Gasteiger partial charge is 0.276 e. The highest BCUT2D eigenvalue weighted by atomic mass is 32.2. The van der Waals surface area contributed by atoms with Gasteiger partial charge in [0.15, 0.2) is 0 Å². The summed E-state index contributed by atoms with van der Waals surface area (Å²) in [5.41, 5.74) is 2.33. The van der Waals surface area contributed by atoms with Crippen LogP contribution in [-0.4, -0.2) is 28.7 Å². The van der Waals surface area contributed by atoms with Gasteiger partial charge in [0, 0.05) is 26.0 Å². The van der Waals surface area contributed by atoms with Crippen molar-refractivity contribution in [2.75, 3.05) is 19.0 Å². The molecule has 0 atom stereocenters. The fourth-order valence-corrected chi connectivity index (χ4v) is 2.63. The number of allylic oxidation sites excluding steroid dienone is 1. The first-order valence-corrected chi connectivity index (χ1v) is 8.86. The quantitative estimate of drug-likeness (QED) is 0.466. The lowest BCUT2D eigenvalue weighted by Crippen LogP contribution is -2.17. The molecule has 7 nitrogen and oxygen atoms in total. The van der Waals surface area contributed by atoms with Gasteiger partial charge in [-0.1, -0.05) is 6.58 Å². The van der Waals surface area contributed by atoms with Crippen LogP contribution in [0.25, 0.3) is 0 Å². The SMILES string of the molecule is C=C/C=N/NS(=O)(=O)c1ccc(N=Nc2ccc(N(C)C)cc2)cc1. The van der Waals surface area contributed by atoms with E-state index in [0.717, 1.165) is 5.69 Å². The number of nitrogens with one attached hydrogen (secondary N) is 1. The van der Waals surface area contributed by atoms with Gasteiger partial charge in [0.25, 0.3) is 10.0 Å². The zero-order valence-corrected chi connectivity index (χ0v) is 14.8. The summed E-state index contributed by atoms with van der Waals surface area (Å²) in [5, 5.41) is 11.8. The zero-order chi connectivity index (χ0) is 18.3. The summed E-state index contributed by atoms with van der Waals surface area (Å²) in [7, 11) is 0.222. The Morgan fingerprint density at radius 2 is 1.48 bits per heavy atom. The van der Waals surface area contributed by atoms with Gasteiger partial charge >= 0.3 is 0 Å². The van der Waals surface area contributed by atoms with Crippen molar-refractivity contribution in [1.29, 1.82) is 0 Å². The molecule has 0 aromatic heterocycles. The van der Waals surface area contributed by atoms with Crippen molar-refractivity contribution in [2.45, 2.75) is 4.90 Å². The number of benzene rings is 2. The number of anilines is 1. The van der Waals surface area contributed by atoms with E-state index in [1.165, 1.54) is 24.4 Å². The van der Waals surface area contributed by atoms with Crippen molar-refractivity contribution in [2.24, 2.45) is 15.3 Å². The van der Waals surface area contributed by atoms with Gasteiger partial charge < -0.3 is 4.90 Å².